The van der Waals surface area contributed by atoms with Crippen molar-refractivity contribution >= 4 is 59.2 Å². The van der Waals surface area contributed by atoms with Gasteiger partial charge in [0.2, 0.25) is 47.3 Å². The van der Waals surface area contributed by atoms with E-state index >= 15 is 0 Å². The Morgan fingerprint density at radius 3 is 1.21 bits per heavy atom. The van der Waals surface area contributed by atoms with Gasteiger partial charge in [0.05, 0.1) is 12.7 Å². The fourth-order valence-corrected chi connectivity index (χ4v) is 7.14. The molecule has 0 spiro atoms. The van der Waals surface area contributed by atoms with Crippen LogP contribution >= 0.6 is 0 Å². The number of aliphatic hydroxyl groups is 2. The van der Waals surface area contributed by atoms with Crippen molar-refractivity contribution in [1.82, 2.24) is 37.2 Å². The number of primary amides is 1. The SMILES string of the molecule is CC(C)[C@H](NC(=O)[C@H](CCC(N)=O)NC(=O)[C@@H](N)CO)C(=O)N[C@@H](Cc1ccccc1)C(=O)N[C@@H](Cc1ccccc1)C(=O)N[C@@H](CCC(=O)O)C(=O)N[C@H](C(=O)N[C@@H](Cc1ccccc1)C(=O)O)C(C)O. The van der Waals surface area contributed by atoms with Crippen molar-refractivity contribution < 1.29 is 68.4 Å². The van der Waals surface area contributed by atoms with Gasteiger partial charge in [-0.3, -0.25) is 43.2 Å². The highest BCUT2D eigenvalue weighted by molar-refractivity contribution is 5.98. The maximum absolute atomic E-state index is 14.5. The molecule has 8 amide bonds. The molecule has 390 valence electrons. The van der Waals surface area contributed by atoms with E-state index in [9.17, 15) is 68.4 Å². The molecular weight excluding hydrogens is 939 g/mol. The van der Waals surface area contributed by atoms with Crippen molar-refractivity contribution in [3.63, 3.8) is 0 Å². The molecule has 23 heteroatoms. The summed E-state index contributed by atoms with van der Waals surface area (Å²) in [5.74, 6) is -11.1. The Balaban J connectivity index is 1.95. The molecule has 9 atom stereocenters. The molecule has 0 aliphatic heterocycles. The number of rotatable bonds is 30. The summed E-state index contributed by atoms with van der Waals surface area (Å²) in [7, 11) is 0. The highest BCUT2D eigenvalue weighted by atomic mass is 16.4. The molecule has 0 saturated heterocycles. The van der Waals surface area contributed by atoms with Gasteiger partial charge in [0.25, 0.3) is 0 Å². The summed E-state index contributed by atoms with van der Waals surface area (Å²) in [6.07, 6.45) is -4.01. The first-order valence-electron chi connectivity index (χ1n) is 23.1. The molecule has 0 fully saturated rings. The van der Waals surface area contributed by atoms with Gasteiger partial charge in [0.1, 0.15) is 48.3 Å². The van der Waals surface area contributed by atoms with Crippen LogP contribution in [0.1, 0.15) is 63.1 Å². The van der Waals surface area contributed by atoms with Crippen molar-refractivity contribution in [3.05, 3.63) is 108 Å². The number of carbonyl (C=O) groups is 10. The van der Waals surface area contributed by atoms with Crippen LogP contribution < -0.4 is 48.7 Å². The molecule has 0 aromatic heterocycles. The molecule has 1 unspecified atom stereocenters. The zero-order valence-corrected chi connectivity index (χ0v) is 40.1. The topological polar surface area (TPSA) is 388 Å². The third kappa shape index (κ3) is 19.9. The van der Waals surface area contributed by atoms with E-state index in [1.165, 1.54) is 0 Å². The number of carboxylic acid groups (broad SMARTS) is 2. The van der Waals surface area contributed by atoms with Gasteiger partial charge in [-0.1, -0.05) is 105 Å². The fourth-order valence-electron chi connectivity index (χ4n) is 7.14. The Kier molecular flexibility index (Phi) is 23.9. The lowest BCUT2D eigenvalue weighted by Crippen LogP contribution is -2.62. The van der Waals surface area contributed by atoms with Gasteiger partial charge in [0.15, 0.2) is 0 Å². The molecule has 23 nitrogen and oxygen atoms in total. The zero-order valence-electron chi connectivity index (χ0n) is 40.1. The third-order valence-electron chi connectivity index (χ3n) is 11.2. The first-order valence-corrected chi connectivity index (χ1v) is 23.1. The summed E-state index contributed by atoms with van der Waals surface area (Å²) in [5, 5.41) is 56.6. The largest absolute Gasteiger partial charge is 0.481 e. The van der Waals surface area contributed by atoms with Gasteiger partial charge in [-0.05, 0) is 42.4 Å². The van der Waals surface area contributed by atoms with Crippen LogP contribution in [0.2, 0.25) is 0 Å². The van der Waals surface area contributed by atoms with Crippen molar-refractivity contribution in [2.45, 2.75) is 120 Å². The maximum Gasteiger partial charge on any atom is 0.326 e. The smallest absolute Gasteiger partial charge is 0.326 e. The number of aliphatic carboxylic acids is 2. The number of carbonyl (C=O) groups excluding carboxylic acids is 8. The predicted octanol–water partition coefficient (Wildman–Crippen LogP) is -2.32. The van der Waals surface area contributed by atoms with E-state index in [1.54, 1.807) is 105 Å². The number of hydrogen-bond acceptors (Lipinski definition) is 13. The van der Waals surface area contributed by atoms with Crippen LogP contribution in [0, 0.1) is 5.92 Å². The number of amides is 8. The Morgan fingerprint density at radius 1 is 0.472 bits per heavy atom. The quantitative estimate of drug-likeness (QED) is 0.0334. The molecule has 72 heavy (non-hydrogen) atoms. The highest BCUT2D eigenvalue weighted by Crippen LogP contribution is 2.12. The van der Waals surface area contributed by atoms with E-state index in [4.69, 9.17) is 11.5 Å². The summed E-state index contributed by atoms with van der Waals surface area (Å²) < 4.78 is 0. The molecule has 0 saturated carbocycles. The number of hydrogen-bond donors (Lipinski definition) is 13. The van der Waals surface area contributed by atoms with Crippen molar-refractivity contribution in [2.75, 3.05) is 6.61 Å². The molecule has 0 radical (unpaired) electrons. The number of benzene rings is 3. The Bertz CT molecular complexity index is 2320. The molecule has 3 aromatic carbocycles. The van der Waals surface area contributed by atoms with E-state index in [1.807, 2.05) is 0 Å². The second-order valence-corrected chi connectivity index (χ2v) is 17.4. The standard InChI is InChI=1S/C49H65N9O14/c1-27(2)40(57-43(65)33(19-21-38(51)61)52-42(64)32(50)26-59)47(69)55-36(24-30-15-9-5-10-16-30)46(68)54-35(23-29-13-7-4-8-14-29)45(67)53-34(20-22-39(62)63)44(66)58-41(28(3)60)48(70)56-37(49(71)72)25-31-17-11-6-12-18-31/h4-18,27-28,32-37,40-41,59-60H,19-26,50H2,1-3H3,(H2,51,61)(H,52,64)(H,53,67)(H,54,68)(H,55,69)(H,56,70)(H,57,65)(H,58,66)(H,62,63)(H,71,72)/t28?,32-,33-,34-,35-,36-,37-,40-,41-/m0/s1. The summed E-state index contributed by atoms with van der Waals surface area (Å²) in [4.78, 5) is 132. The van der Waals surface area contributed by atoms with Gasteiger partial charge < -0.3 is 69.1 Å². The minimum absolute atomic E-state index is 0.150. The van der Waals surface area contributed by atoms with Gasteiger partial charge >= 0.3 is 11.9 Å². The lowest BCUT2D eigenvalue weighted by molar-refractivity contribution is -0.143. The molecule has 0 bridgehead atoms. The Labute approximate surface area is 415 Å². The van der Waals surface area contributed by atoms with Crippen LogP contribution in [0.3, 0.4) is 0 Å². The monoisotopic (exact) mass is 1000 g/mol. The zero-order chi connectivity index (χ0) is 53.5. The first kappa shape index (κ1) is 58.6. The minimum atomic E-state index is -1.79. The summed E-state index contributed by atoms with van der Waals surface area (Å²) in [5.41, 5.74) is 12.5. The number of aliphatic hydroxyl groups excluding tert-OH is 2. The van der Waals surface area contributed by atoms with Crippen molar-refractivity contribution in [3.8, 4) is 0 Å². The fraction of sp³-hybridized carbons (Fsp3) is 0.429. The third-order valence-corrected chi connectivity index (χ3v) is 11.2. The average molecular weight is 1000 g/mol. The van der Waals surface area contributed by atoms with Crippen LogP contribution in [0.15, 0.2) is 91.0 Å². The van der Waals surface area contributed by atoms with Crippen molar-refractivity contribution in [1.29, 1.82) is 0 Å². The number of nitrogens with two attached hydrogens (primary N) is 2. The lowest BCUT2D eigenvalue weighted by atomic mass is 9.99. The molecular formula is C49H65N9O14. The van der Waals surface area contributed by atoms with Gasteiger partial charge in [-0.25, -0.2) is 4.79 Å². The van der Waals surface area contributed by atoms with Crippen LogP contribution in [0.4, 0.5) is 0 Å². The Morgan fingerprint density at radius 2 is 0.819 bits per heavy atom. The molecule has 0 aliphatic rings. The lowest BCUT2D eigenvalue weighted by Gasteiger charge is -2.29. The molecule has 0 aliphatic carbocycles. The summed E-state index contributed by atoms with van der Waals surface area (Å²) >= 11 is 0. The predicted molar refractivity (Wildman–Crippen MR) is 258 cm³/mol. The van der Waals surface area contributed by atoms with E-state index < -0.39 is 139 Å². The van der Waals surface area contributed by atoms with Crippen LogP contribution in [-0.4, -0.2) is 141 Å². The number of nitrogens with one attached hydrogen (secondary N) is 7. The van der Waals surface area contributed by atoms with Crippen molar-refractivity contribution in [2.24, 2.45) is 17.4 Å². The minimum Gasteiger partial charge on any atom is -0.481 e. The molecule has 15 N–H and O–H groups in total. The molecule has 3 aromatic rings. The van der Waals surface area contributed by atoms with E-state index in [0.717, 1.165) is 6.92 Å². The average Bonchev–Trinajstić information content (AvgIpc) is 3.34. The van der Waals surface area contributed by atoms with Crippen LogP contribution in [0.5, 0.6) is 0 Å². The first-order chi connectivity index (χ1) is 34.1. The van der Waals surface area contributed by atoms with Gasteiger partial charge in [-0.15, -0.1) is 0 Å². The van der Waals surface area contributed by atoms with E-state index in [2.05, 4.69) is 37.2 Å². The Hall–Kier alpha value is -7.76. The maximum atomic E-state index is 14.5. The normalized spacial score (nSPS) is 14.8. The second-order valence-electron chi connectivity index (χ2n) is 17.4. The van der Waals surface area contributed by atoms with Gasteiger partial charge in [-0.2, -0.15) is 0 Å². The molecule has 0 heterocycles. The van der Waals surface area contributed by atoms with Gasteiger partial charge in [0, 0.05) is 32.1 Å². The number of carboxylic acids is 2. The van der Waals surface area contributed by atoms with E-state index in [0.29, 0.717) is 16.7 Å². The highest BCUT2D eigenvalue weighted by Gasteiger charge is 2.36. The second kappa shape index (κ2) is 29.4. The van der Waals surface area contributed by atoms with Crippen LogP contribution in [0.25, 0.3) is 0 Å². The summed E-state index contributed by atoms with van der Waals surface area (Å²) in [6, 6.07) is 12.9. The van der Waals surface area contributed by atoms with Crippen LogP contribution in [-0.2, 0) is 67.2 Å². The molecule has 3 rings (SSSR count). The van der Waals surface area contributed by atoms with E-state index in [-0.39, 0.29) is 32.1 Å². The summed E-state index contributed by atoms with van der Waals surface area (Å²) in [6.45, 7) is 3.56.